The summed E-state index contributed by atoms with van der Waals surface area (Å²) in [6.07, 6.45) is 2.90. The summed E-state index contributed by atoms with van der Waals surface area (Å²) in [7, 11) is 0. The van der Waals surface area contributed by atoms with E-state index in [1.54, 1.807) is 10.9 Å². The third-order valence-electron chi connectivity index (χ3n) is 2.64. The zero-order valence-corrected chi connectivity index (χ0v) is 9.69. The highest BCUT2D eigenvalue weighted by Gasteiger charge is 2.16. The molecular formula is C12H9N5O2. The maximum Gasteiger partial charge on any atom is 0.339 e. The van der Waals surface area contributed by atoms with Crippen molar-refractivity contribution in [1.29, 1.82) is 0 Å². The van der Waals surface area contributed by atoms with Gasteiger partial charge >= 0.3 is 5.97 Å². The number of nitrogens with zero attached hydrogens (tertiary/aromatic N) is 4. The standard InChI is InChI=1S/C12H9N5O2/c18-12(19)9-6-13-15-11(9)10-7-17(16-14-10)8-4-2-1-3-5-8/h1-7H,(H,13,15)(H,18,19). The molecule has 0 aliphatic heterocycles. The maximum absolute atomic E-state index is 11.0. The Morgan fingerprint density at radius 1 is 1.26 bits per heavy atom. The van der Waals surface area contributed by atoms with Crippen LogP contribution in [-0.2, 0) is 0 Å². The minimum atomic E-state index is -1.06. The van der Waals surface area contributed by atoms with Gasteiger partial charge in [0.2, 0.25) is 0 Å². The first kappa shape index (κ1) is 11.1. The number of aromatic nitrogens is 5. The minimum Gasteiger partial charge on any atom is -0.478 e. The van der Waals surface area contributed by atoms with E-state index in [1.807, 2.05) is 30.3 Å². The van der Waals surface area contributed by atoms with Gasteiger partial charge in [0.15, 0.2) is 0 Å². The summed E-state index contributed by atoms with van der Waals surface area (Å²) in [5.41, 5.74) is 1.69. The predicted octanol–water partition coefficient (Wildman–Crippen LogP) is 1.36. The zero-order valence-electron chi connectivity index (χ0n) is 9.69. The predicted molar refractivity (Wildman–Crippen MR) is 65.9 cm³/mol. The van der Waals surface area contributed by atoms with Crippen LogP contribution >= 0.6 is 0 Å². The lowest BCUT2D eigenvalue weighted by Gasteiger charge is -1.97. The smallest absolute Gasteiger partial charge is 0.339 e. The molecule has 94 valence electrons. The molecule has 3 rings (SSSR count). The molecule has 7 nitrogen and oxygen atoms in total. The van der Waals surface area contributed by atoms with Crippen LogP contribution in [0, 0.1) is 0 Å². The SMILES string of the molecule is O=C(O)c1cn[nH]c1-c1cn(-c2ccccc2)nn1. The van der Waals surface area contributed by atoms with E-state index >= 15 is 0 Å². The molecule has 0 saturated heterocycles. The molecule has 1 aromatic carbocycles. The van der Waals surface area contributed by atoms with E-state index in [0.29, 0.717) is 11.4 Å². The fraction of sp³-hybridized carbons (Fsp3) is 0. The van der Waals surface area contributed by atoms with Gasteiger partial charge in [-0.15, -0.1) is 5.10 Å². The van der Waals surface area contributed by atoms with Crippen LogP contribution in [0.4, 0.5) is 0 Å². The first-order valence-electron chi connectivity index (χ1n) is 5.50. The molecule has 0 fully saturated rings. The summed E-state index contributed by atoms with van der Waals surface area (Å²) in [5.74, 6) is -1.06. The molecule has 0 aliphatic carbocycles. The van der Waals surface area contributed by atoms with Crippen molar-refractivity contribution < 1.29 is 9.90 Å². The second-order valence-electron chi connectivity index (χ2n) is 3.85. The van der Waals surface area contributed by atoms with E-state index < -0.39 is 5.97 Å². The Morgan fingerprint density at radius 2 is 2.05 bits per heavy atom. The van der Waals surface area contributed by atoms with Crippen LogP contribution in [-0.4, -0.2) is 36.3 Å². The topological polar surface area (TPSA) is 96.7 Å². The lowest BCUT2D eigenvalue weighted by atomic mass is 10.2. The minimum absolute atomic E-state index is 0.0695. The number of nitrogens with one attached hydrogen (secondary N) is 1. The summed E-state index contributed by atoms with van der Waals surface area (Å²) in [6.45, 7) is 0. The molecule has 3 aromatic rings. The van der Waals surface area contributed by atoms with Gasteiger partial charge in [0.25, 0.3) is 0 Å². The van der Waals surface area contributed by atoms with E-state index in [-0.39, 0.29) is 5.56 Å². The monoisotopic (exact) mass is 255 g/mol. The number of para-hydroxylation sites is 1. The van der Waals surface area contributed by atoms with Crippen molar-refractivity contribution in [1.82, 2.24) is 25.2 Å². The van der Waals surface area contributed by atoms with Crippen molar-refractivity contribution in [2.24, 2.45) is 0 Å². The molecule has 0 aliphatic rings. The molecular weight excluding hydrogens is 246 g/mol. The molecule has 0 atom stereocenters. The summed E-state index contributed by atoms with van der Waals surface area (Å²) in [6, 6.07) is 9.43. The van der Waals surface area contributed by atoms with Crippen molar-refractivity contribution >= 4 is 5.97 Å². The van der Waals surface area contributed by atoms with E-state index in [9.17, 15) is 4.79 Å². The lowest BCUT2D eigenvalue weighted by Crippen LogP contribution is -1.96. The van der Waals surface area contributed by atoms with Gasteiger partial charge in [-0.1, -0.05) is 23.4 Å². The average Bonchev–Trinajstić information content (AvgIpc) is 3.08. The highest BCUT2D eigenvalue weighted by atomic mass is 16.4. The Labute approximate surface area is 107 Å². The summed E-state index contributed by atoms with van der Waals surface area (Å²) in [5, 5.41) is 23.3. The second kappa shape index (κ2) is 4.37. The van der Waals surface area contributed by atoms with Crippen molar-refractivity contribution in [3.8, 4) is 17.1 Å². The molecule has 7 heteroatoms. The van der Waals surface area contributed by atoms with E-state index in [1.165, 1.54) is 6.20 Å². The number of carboxylic acids is 1. The molecule has 0 radical (unpaired) electrons. The number of carboxylic acid groups (broad SMARTS) is 1. The van der Waals surface area contributed by atoms with Crippen LogP contribution in [0.5, 0.6) is 0 Å². The lowest BCUT2D eigenvalue weighted by molar-refractivity contribution is 0.0698. The Morgan fingerprint density at radius 3 is 2.79 bits per heavy atom. The molecule has 19 heavy (non-hydrogen) atoms. The Bertz CT molecular complexity index is 717. The number of aromatic carboxylic acids is 1. The van der Waals surface area contributed by atoms with E-state index in [0.717, 1.165) is 5.69 Å². The molecule has 2 N–H and O–H groups in total. The quantitative estimate of drug-likeness (QED) is 0.736. The highest BCUT2D eigenvalue weighted by molar-refractivity contribution is 5.93. The largest absolute Gasteiger partial charge is 0.478 e. The fourth-order valence-electron chi connectivity index (χ4n) is 1.73. The van der Waals surface area contributed by atoms with E-state index in [2.05, 4.69) is 20.5 Å². The Kier molecular flexibility index (Phi) is 2.57. The number of hydrogen-bond acceptors (Lipinski definition) is 4. The average molecular weight is 255 g/mol. The number of rotatable bonds is 3. The summed E-state index contributed by atoms with van der Waals surface area (Å²) < 4.78 is 1.57. The van der Waals surface area contributed by atoms with Gasteiger partial charge < -0.3 is 5.11 Å². The highest BCUT2D eigenvalue weighted by Crippen LogP contribution is 2.19. The number of hydrogen-bond donors (Lipinski definition) is 2. The van der Waals surface area contributed by atoms with Crippen molar-refractivity contribution in [2.45, 2.75) is 0 Å². The molecule has 0 bridgehead atoms. The fourth-order valence-corrected chi connectivity index (χ4v) is 1.73. The van der Waals surface area contributed by atoms with Crippen LogP contribution in [0.2, 0.25) is 0 Å². The van der Waals surface area contributed by atoms with Crippen LogP contribution in [0.3, 0.4) is 0 Å². The van der Waals surface area contributed by atoms with Gasteiger partial charge in [0.1, 0.15) is 17.0 Å². The van der Waals surface area contributed by atoms with Crippen LogP contribution in [0.15, 0.2) is 42.7 Å². The van der Waals surface area contributed by atoms with Gasteiger partial charge in [-0.05, 0) is 12.1 Å². The normalized spacial score (nSPS) is 10.5. The van der Waals surface area contributed by atoms with Gasteiger partial charge in [-0.3, -0.25) is 5.10 Å². The van der Waals surface area contributed by atoms with Crippen LogP contribution in [0.25, 0.3) is 17.1 Å². The Balaban J connectivity index is 2.02. The third-order valence-corrected chi connectivity index (χ3v) is 2.64. The first-order chi connectivity index (χ1) is 9.25. The van der Waals surface area contributed by atoms with Gasteiger partial charge in [-0.2, -0.15) is 5.10 Å². The van der Waals surface area contributed by atoms with Crippen molar-refractivity contribution in [3.05, 3.63) is 48.3 Å². The molecule has 2 heterocycles. The third kappa shape index (κ3) is 1.97. The van der Waals surface area contributed by atoms with Gasteiger partial charge in [0, 0.05) is 0 Å². The molecule has 0 spiro atoms. The second-order valence-corrected chi connectivity index (χ2v) is 3.85. The van der Waals surface area contributed by atoms with Crippen LogP contribution < -0.4 is 0 Å². The number of H-pyrrole nitrogens is 1. The number of carbonyl (C=O) groups is 1. The number of aromatic amines is 1. The Hall–Kier alpha value is -2.96. The van der Waals surface area contributed by atoms with Crippen molar-refractivity contribution in [3.63, 3.8) is 0 Å². The van der Waals surface area contributed by atoms with Gasteiger partial charge in [0.05, 0.1) is 18.1 Å². The first-order valence-corrected chi connectivity index (χ1v) is 5.50. The van der Waals surface area contributed by atoms with Crippen molar-refractivity contribution in [2.75, 3.05) is 0 Å². The van der Waals surface area contributed by atoms with Gasteiger partial charge in [-0.25, -0.2) is 9.48 Å². The molecule has 2 aromatic heterocycles. The maximum atomic E-state index is 11.0. The zero-order chi connectivity index (χ0) is 13.2. The molecule has 0 saturated carbocycles. The van der Waals surface area contributed by atoms with E-state index in [4.69, 9.17) is 5.11 Å². The summed E-state index contributed by atoms with van der Waals surface area (Å²) >= 11 is 0. The number of benzene rings is 1. The molecule has 0 unspecified atom stereocenters. The van der Waals surface area contributed by atoms with Crippen LogP contribution in [0.1, 0.15) is 10.4 Å². The molecule has 0 amide bonds. The summed E-state index contributed by atoms with van der Waals surface area (Å²) in [4.78, 5) is 11.0.